The monoisotopic (exact) mass is 394 g/mol. The van der Waals surface area contributed by atoms with Crippen molar-refractivity contribution in [2.75, 3.05) is 19.8 Å². The lowest BCUT2D eigenvalue weighted by molar-refractivity contribution is -0.122. The Morgan fingerprint density at radius 2 is 1.86 bits per heavy atom. The Morgan fingerprint density at radius 1 is 1.11 bits per heavy atom. The van der Waals surface area contributed by atoms with Crippen molar-refractivity contribution in [3.05, 3.63) is 59.0 Å². The third kappa shape index (κ3) is 4.07. The largest absolute Gasteiger partial charge is 0.486 e. The Kier molecular flexibility index (Phi) is 5.39. The fraction of sp³-hybridized carbons (Fsp3) is 0.273. The quantitative estimate of drug-likeness (QED) is 0.704. The highest BCUT2D eigenvalue weighted by atomic mass is 32.2. The number of carbonyl (C=O) groups is 1. The van der Waals surface area contributed by atoms with E-state index in [0.29, 0.717) is 41.5 Å². The number of amides is 1. The molecule has 0 aromatic heterocycles. The first-order valence-electron chi connectivity index (χ1n) is 9.35. The standard InChI is InChI=1S/C22H22N2O3S/c1-15(2)14-24-21(25)20(28-22(24)23-17-6-4-3-5-7-17)13-16-8-9-18-19(12-16)27-11-10-26-18/h3-9,12-13,15H,10-11,14H2,1-2H3/b20-13-,23-22?. The van der Waals surface area contributed by atoms with Gasteiger partial charge in [0.05, 0.1) is 10.6 Å². The molecule has 0 saturated carbocycles. The summed E-state index contributed by atoms with van der Waals surface area (Å²) >= 11 is 1.41. The van der Waals surface area contributed by atoms with Crippen molar-refractivity contribution >= 4 is 34.6 Å². The van der Waals surface area contributed by atoms with Gasteiger partial charge in [-0.1, -0.05) is 38.1 Å². The van der Waals surface area contributed by atoms with E-state index in [0.717, 1.165) is 17.0 Å². The van der Waals surface area contributed by atoms with Crippen molar-refractivity contribution in [3.8, 4) is 11.5 Å². The fourth-order valence-corrected chi connectivity index (χ4v) is 4.04. The Hall–Kier alpha value is -2.73. The second kappa shape index (κ2) is 8.10. The third-order valence-corrected chi connectivity index (χ3v) is 5.29. The molecule has 5 nitrogen and oxygen atoms in total. The summed E-state index contributed by atoms with van der Waals surface area (Å²) in [5.41, 5.74) is 1.75. The molecule has 2 aromatic rings. The highest BCUT2D eigenvalue weighted by molar-refractivity contribution is 8.18. The Balaban J connectivity index is 1.65. The second-order valence-electron chi connectivity index (χ2n) is 7.05. The molecule has 2 aromatic carbocycles. The van der Waals surface area contributed by atoms with Gasteiger partial charge in [0.1, 0.15) is 13.2 Å². The van der Waals surface area contributed by atoms with Gasteiger partial charge >= 0.3 is 0 Å². The predicted molar refractivity (Wildman–Crippen MR) is 113 cm³/mol. The summed E-state index contributed by atoms with van der Waals surface area (Å²) in [5, 5.41) is 0.716. The van der Waals surface area contributed by atoms with Gasteiger partial charge in [0.2, 0.25) is 0 Å². The fourth-order valence-electron chi connectivity index (χ4n) is 3.03. The van der Waals surface area contributed by atoms with E-state index in [2.05, 4.69) is 13.8 Å². The van der Waals surface area contributed by atoms with Gasteiger partial charge in [-0.15, -0.1) is 0 Å². The van der Waals surface area contributed by atoms with Crippen molar-refractivity contribution in [1.82, 2.24) is 4.90 Å². The van der Waals surface area contributed by atoms with Crippen LogP contribution in [0.2, 0.25) is 0 Å². The SMILES string of the molecule is CC(C)CN1C(=O)/C(=C/c2ccc3c(c2)OCCO3)SC1=Nc1ccccc1. The van der Waals surface area contributed by atoms with Crippen LogP contribution in [0.15, 0.2) is 58.4 Å². The molecule has 0 unspecified atom stereocenters. The molecule has 0 radical (unpaired) electrons. The van der Waals surface area contributed by atoms with Gasteiger partial charge in [-0.2, -0.15) is 0 Å². The number of rotatable bonds is 4. The van der Waals surface area contributed by atoms with Gasteiger partial charge in [0, 0.05) is 6.54 Å². The van der Waals surface area contributed by atoms with Gasteiger partial charge < -0.3 is 9.47 Å². The molecular weight excluding hydrogens is 372 g/mol. The molecule has 28 heavy (non-hydrogen) atoms. The number of fused-ring (bicyclic) bond motifs is 1. The van der Waals surface area contributed by atoms with E-state index in [9.17, 15) is 4.79 Å². The lowest BCUT2D eigenvalue weighted by atomic mass is 10.1. The zero-order valence-electron chi connectivity index (χ0n) is 15.9. The van der Waals surface area contributed by atoms with Crippen molar-refractivity contribution in [2.45, 2.75) is 13.8 Å². The molecule has 0 atom stereocenters. The number of hydrogen-bond acceptors (Lipinski definition) is 5. The summed E-state index contributed by atoms with van der Waals surface area (Å²) in [4.78, 5) is 20.2. The normalized spacial score (nSPS) is 19.1. The molecule has 0 aliphatic carbocycles. The van der Waals surface area contributed by atoms with Crippen molar-refractivity contribution in [3.63, 3.8) is 0 Å². The van der Waals surface area contributed by atoms with Crippen LogP contribution in [0.4, 0.5) is 5.69 Å². The summed E-state index contributed by atoms with van der Waals surface area (Å²) in [6, 6.07) is 15.5. The maximum atomic E-state index is 13.0. The van der Waals surface area contributed by atoms with Crippen LogP contribution in [0.3, 0.4) is 0 Å². The molecule has 1 fully saturated rings. The van der Waals surface area contributed by atoms with Crippen LogP contribution in [0.1, 0.15) is 19.4 Å². The molecule has 1 saturated heterocycles. The average Bonchev–Trinajstić information content (AvgIpc) is 2.97. The third-order valence-electron chi connectivity index (χ3n) is 4.28. The molecule has 1 amide bonds. The van der Waals surface area contributed by atoms with Crippen LogP contribution in [-0.2, 0) is 4.79 Å². The number of aliphatic imine (C=N–C) groups is 1. The zero-order valence-corrected chi connectivity index (χ0v) is 16.7. The molecule has 2 aliphatic rings. The number of thioether (sulfide) groups is 1. The lowest BCUT2D eigenvalue weighted by Gasteiger charge is -2.18. The van der Waals surface area contributed by atoms with Gasteiger partial charge in [0.25, 0.3) is 5.91 Å². The Labute approximate surface area is 169 Å². The lowest BCUT2D eigenvalue weighted by Crippen LogP contribution is -2.32. The summed E-state index contributed by atoms with van der Waals surface area (Å²) in [5.74, 6) is 1.79. The molecule has 6 heteroatoms. The summed E-state index contributed by atoms with van der Waals surface area (Å²) in [6.45, 7) is 5.93. The van der Waals surface area contributed by atoms with Gasteiger partial charge in [0.15, 0.2) is 16.7 Å². The second-order valence-corrected chi connectivity index (χ2v) is 8.06. The first kappa shape index (κ1) is 18.6. The van der Waals surface area contributed by atoms with Crippen molar-refractivity contribution in [1.29, 1.82) is 0 Å². The number of carbonyl (C=O) groups excluding carboxylic acids is 1. The van der Waals surface area contributed by atoms with Crippen LogP contribution in [0.5, 0.6) is 11.5 Å². The summed E-state index contributed by atoms with van der Waals surface area (Å²) in [7, 11) is 0. The van der Waals surface area contributed by atoms with Gasteiger partial charge in [-0.25, -0.2) is 4.99 Å². The number of nitrogens with zero attached hydrogens (tertiary/aromatic N) is 2. The smallest absolute Gasteiger partial charge is 0.266 e. The number of hydrogen-bond donors (Lipinski definition) is 0. The van der Waals surface area contributed by atoms with E-state index in [4.69, 9.17) is 14.5 Å². The van der Waals surface area contributed by atoms with E-state index >= 15 is 0 Å². The molecule has 144 valence electrons. The van der Waals surface area contributed by atoms with E-state index in [-0.39, 0.29) is 5.91 Å². The van der Waals surface area contributed by atoms with Gasteiger partial charge in [-0.3, -0.25) is 9.69 Å². The van der Waals surface area contributed by atoms with Crippen LogP contribution >= 0.6 is 11.8 Å². The molecule has 0 spiro atoms. The maximum absolute atomic E-state index is 13.0. The topological polar surface area (TPSA) is 51.1 Å². The molecule has 0 N–H and O–H groups in total. The summed E-state index contributed by atoms with van der Waals surface area (Å²) in [6.07, 6.45) is 1.89. The molecule has 2 aliphatic heterocycles. The minimum absolute atomic E-state index is 0.0109. The minimum atomic E-state index is -0.0109. The highest BCUT2D eigenvalue weighted by Crippen LogP contribution is 2.36. The number of benzene rings is 2. The number of amidine groups is 1. The van der Waals surface area contributed by atoms with Crippen molar-refractivity contribution in [2.24, 2.45) is 10.9 Å². The van der Waals surface area contributed by atoms with Crippen LogP contribution in [-0.4, -0.2) is 35.7 Å². The minimum Gasteiger partial charge on any atom is -0.486 e. The average molecular weight is 394 g/mol. The summed E-state index contributed by atoms with van der Waals surface area (Å²) < 4.78 is 11.2. The van der Waals surface area contributed by atoms with Crippen molar-refractivity contribution < 1.29 is 14.3 Å². The maximum Gasteiger partial charge on any atom is 0.266 e. The number of para-hydroxylation sites is 1. The molecule has 0 bridgehead atoms. The number of ether oxygens (including phenoxy) is 2. The van der Waals surface area contributed by atoms with E-state index < -0.39 is 0 Å². The van der Waals surface area contributed by atoms with Crippen LogP contribution < -0.4 is 9.47 Å². The Morgan fingerprint density at radius 3 is 2.61 bits per heavy atom. The molecule has 2 heterocycles. The molecule has 4 rings (SSSR count). The van der Waals surface area contributed by atoms with Crippen LogP contribution in [0.25, 0.3) is 6.08 Å². The van der Waals surface area contributed by atoms with Crippen LogP contribution in [0, 0.1) is 5.92 Å². The first-order valence-corrected chi connectivity index (χ1v) is 10.2. The first-order chi connectivity index (χ1) is 13.6. The van der Waals surface area contributed by atoms with E-state index in [1.807, 2.05) is 54.6 Å². The molecular formula is C22H22N2O3S. The predicted octanol–water partition coefficient (Wildman–Crippen LogP) is 4.72. The zero-order chi connectivity index (χ0) is 19.5. The van der Waals surface area contributed by atoms with E-state index in [1.165, 1.54) is 11.8 Å². The van der Waals surface area contributed by atoms with Gasteiger partial charge in [-0.05, 0) is 53.6 Å². The van der Waals surface area contributed by atoms with E-state index in [1.54, 1.807) is 4.90 Å². The Bertz CT molecular complexity index is 938. The highest BCUT2D eigenvalue weighted by Gasteiger charge is 2.33.